The molecule has 0 bridgehead atoms. The highest BCUT2D eigenvalue weighted by atomic mass is 32.2. The van der Waals surface area contributed by atoms with Gasteiger partial charge in [-0.3, -0.25) is 0 Å². The topological polar surface area (TPSA) is 66.4 Å². The van der Waals surface area contributed by atoms with Crippen LogP contribution in [0.5, 0.6) is 0 Å². The fraction of sp³-hybridized carbons (Fsp3) is 1.00. The summed E-state index contributed by atoms with van der Waals surface area (Å²) in [5.74, 6) is 0.549. The van der Waals surface area contributed by atoms with Crippen LogP contribution in [0.1, 0.15) is 39.5 Å². The van der Waals surface area contributed by atoms with Crippen LogP contribution in [0.15, 0.2) is 0 Å². The van der Waals surface area contributed by atoms with E-state index in [4.69, 9.17) is 0 Å². The first kappa shape index (κ1) is 12.9. The van der Waals surface area contributed by atoms with Gasteiger partial charge in [0.15, 0.2) is 0 Å². The highest BCUT2D eigenvalue weighted by Crippen LogP contribution is 2.31. The van der Waals surface area contributed by atoms with E-state index in [-0.39, 0.29) is 12.3 Å². The molecule has 0 saturated heterocycles. The van der Waals surface area contributed by atoms with Gasteiger partial charge in [0.1, 0.15) is 0 Å². The Hall–Kier alpha value is -0.130. The molecule has 90 valence electrons. The minimum absolute atomic E-state index is 0.0681. The molecular formula is C10H21NO3S. The van der Waals surface area contributed by atoms with Crippen molar-refractivity contribution < 1.29 is 13.5 Å². The smallest absolute Gasteiger partial charge is 0.211 e. The Bertz CT molecular complexity index is 302. The lowest BCUT2D eigenvalue weighted by Gasteiger charge is -2.35. The van der Waals surface area contributed by atoms with Gasteiger partial charge in [0.2, 0.25) is 10.0 Å². The number of rotatable bonds is 4. The van der Waals surface area contributed by atoms with Crippen molar-refractivity contribution in [1.29, 1.82) is 0 Å². The number of hydrogen-bond acceptors (Lipinski definition) is 3. The largest absolute Gasteiger partial charge is 0.389 e. The van der Waals surface area contributed by atoms with Crippen molar-refractivity contribution in [2.75, 3.05) is 12.3 Å². The Labute approximate surface area is 92.1 Å². The van der Waals surface area contributed by atoms with Gasteiger partial charge in [0.05, 0.1) is 11.4 Å². The van der Waals surface area contributed by atoms with E-state index < -0.39 is 15.6 Å². The van der Waals surface area contributed by atoms with Gasteiger partial charge in [-0.25, -0.2) is 13.1 Å². The Kier molecular flexibility index (Phi) is 4.14. The van der Waals surface area contributed by atoms with Gasteiger partial charge in [0.25, 0.3) is 0 Å². The quantitative estimate of drug-likeness (QED) is 0.759. The predicted octanol–water partition coefficient (Wildman–Crippen LogP) is 0.867. The van der Waals surface area contributed by atoms with E-state index in [1.807, 2.05) is 0 Å². The summed E-state index contributed by atoms with van der Waals surface area (Å²) in [6, 6.07) is 0. The average molecular weight is 235 g/mol. The van der Waals surface area contributed by atoms with Crippen molar-refractivity contribution in [2.45, 2.75) is 45.1 Å². The molecular weight excluding hydrogens is 214 g/mol. The highest BCUT2D eigenvalue weighted by Gasteiger charge is 2.33. The predicted molar refractivity (Wildman–Crippen MR) is 60.0 cm³/mol. The van der Waals surface area contributed by atoms with Gasteiger partial charge >= 0.3 is 0 Å². The molecule has 0 heterocycles. The fourth-order valence-electron chi connectivity index (χ4n) is 2.14. The van der Waals surface area contributed by atoms with Crippen molar-refractivity contribution in [2.24, 2.45) is 5.92 Å². The molecule has 0 radical (unpaired) electrons. The molecule has 1 aliphatic carbocycles. The van der Waals surface area contributed by atoms with Crippen LogP contribution in [0.3, 0.4) is 0 Å². The third kappa shape index (κ3) is 4.09. The molecule has 15 heavy (non-hydrogen) atoms. The van der Waals surface area contributed by atoms with E-state index in [1.165, 1.54) is 0 Å². The molecule has 1 saturated carbocycles. The van der Waals surface area contributed by atoms with Gasteiger partial charge in [-0.2, -0.15) is 0 Å². The van der Waals surface area contributed by atoms with Crippen LogP contribution in [0, 0.1) is 5.92 Å². The first-order valence-electron chi connectivity index (χ1n) is 5.56. The molecule has 1 aliphatic rings. The zero-order chi connectivity index (χ0) is 11.5. The Morgan fingerprint density at radius 3 is 2.73 bits per heavy atom. The minimum atomic E-state index is -3.18. The second kappa shape index (κ2) is 4.80. The third-order valence-corrected chi connectivity index (χ3v) is 4.41. The van der Waals surface area contributed by atoms with Crippen molar-refractivity contribution in [3.63, 3.8) is 0 Å². The molecule has 2 atom stereocenters. The first-order valence-corrected chi connectivity index (χ1v) is 7.22. The first-order chi connectivity index (χ1) is 6.87. The van der Waals surface area contributed by atoms with Crippen molar-refractivity contribution in [3.8, 4) is 0 Å². The zero-order valence-corrected chi connectivity index (χ0v) is 10.3. The Balaban J connectivity index is 2.49. The maximum absolute atomic E-state index is 11.2. The van der Waals surface area contributed by atoms with E-state index in [2.05, 4.69) is 11.6 Å². The van der Waals surface area contributed by atoms with E-state index in [0.29, 0.717) is 18.8 Å². The van der Waals surface area contributed by atoms with Crippen molar-refractivity contribution in [1.82, 2.24) is 4.72 Å². The highest BCUT2D eigenvalue weighted by molar-refractivity contribution is 7.89. The van der Waals surface area contributed by atoms with Gasteiger partial charge in [-0.05, 0) is 25.7 Å². The van der Waals surface area contributed by atoms with Crippen LogP contribution in [-0.4, -0.2) is 31.4 Å². The molecule has 0 spiro atoms. The second-order valence-corrected chi connectivity index (χ2v) is 6.75. The van der Waals surface area contributed by atoms with Gasteiger partial charge in [-0.15, -0.1) is 0 Å². The molecule has 0 aromatic heterocycles. The van der Waals surface area contributed by atoms with E-state index in [0.717, 1.165) is 12.8 Å². The van der Waals surface area contributed by atoms with E-state index in [9.17, 15) is 13.5 Å². The summed E-state index contributed by atoms with van der Waals surface area (Å²) in [4.78, 5) is 0. The minimum Gasteiger partial charge on any atom is -0.389 e. The number of nitrogens with one attached hydrogen (secondary N) is 1. The Morgan fingerprint density at radius 2 is 2.20 bits per heavy atom. The number of aliphatic hydroxyl groups is 1. The summed E-state index contributed by atoms with van der Waals surface area (Å²) in [6.07, 6.45) is 3.50. The normalized spacial score (nSPS) is 32.9. The van der Waals surface area contributed by atoms with Crippen LogP contribution in [-0.2, 0) is 10.0 Å². The lowest BCUT2D eigenvalue weighted by atomic mass is 9.79. The zero-order valence-electron chi connectivity index (χ0n) is 9.49. The molecule has 2 unspecified atom stereocenters. The molecule has 0 aromatic carbocycles. The summed E-state index contributed by atoms with van der Waals surface area (Å²) >= 11 is 0. The summed E-state index contributed by atoms with van der Waals surface area (Å²) in [6.45, 7) is 3.85. The molecule has 0 aromatic rings. The van der Waals surface area contributed by atoms with Crippen LogP contribution in [0.2, 0.25) is 0 Å². The van der Waals surface area contributed by atoms with Crippen LogP contribution >= 0.6 is 0 Å². The Morgan fingerprint density at radius 1 is 1.53 bits per heavy atom. The SMILES string of the molecule is CCS(=O)(=O)NCC1(O)CCCC(C)C1. The maximum atomic E-state index is 11.2. The van der Waals surface area contributed by atoms with Crippen molar-refractivity contribution >= 4 is 10.0 Å². The summed E-state index contributed by atoms with van der Waals surface area (Å²) in [5, 5.41) is 10.2. The summed E-state index contributed by atoms with van der Waals surface area (Å²) in [5.41, 5.74) is -0.833. The molecule has 1 rings (SSSR count). The maximum Gasteiger partial charge on any atom is 0.211 e. The van der Waals surface area contributed by atoms with Gasteiger partial charge in [0, 0.05) is 6.54 Å². The van der Waals surface area contributed by atoms with Crippen molar-refractivity contribution in [3.05, 3.63) is 0 Å². The lowest BCUT2D eigenvalue weighted by molar-refractivity contribution is -0.00750. The van der Waals surface area contributed by atoms with Crippen LogP contribution < -0.4 is 4.72 Å². The van der Waals surface area contributed by atoms with Crippen LogP contribution in [0.25, 0.3) is 0 Å². The van der Waals surface area contributed by atoms with Gasteiger partial charge < -0.3 is 5.11 Å². The molecule has 5 heteroatoms. The molecule has 2 N–H and O–H groups in total. The lowest BCUT2D eigenvalue weighted by Crippen LogP contribution is -2.46. The van der Waals surface area contributed by atoms with E-state index in [1.54, 1.807) is 6.92 Å². The monoisotopic (exact) mass is 235 g/mol. The average Bonchev–Trinajstić information content (AvgIpc) is 2.15. The summed E-state index contributed by atoms with van der Waals surface area (Å²) in [7, 11) is -3.18. The second-order valence-electron chi connectivity index (χ2n) is 4.65. The molecule has 1 fully saturated rings. The fourth-order valence-corrected chi connectivity index (χ4v) is 2.83. The third-order valence-electron chi connectivity index (χ3n) is 3.07. The summed E-state index contributed by atoms with van der Waals surface area (Å²) < 4.78 is 24.9. The van der Waals surface area contributed by atoms with E-state index >= 15 is 0 Å². The standard InChI is InChI=1S/C10H21NO3S/c1-3-15(13,14)11-8-10(12)6-4-5-9(2)7-10/h9,11-12H,3-8H2,1-2H3. The molecule has 0 aliphatic heterocycles. The van der Waals surface area contributed by atoms with Gasteiger partial charge in [-0.1, -0.05) is 19.8 Å². The van der Waals surface area contributed by atoms with Crippen LogP contribution in [0.4, 0.5) is 0 Å². The number of sulfonamides is 1. The molecule has 0 amide bonds. The molecule has 4 nitrogen and oxygen atoms in total. The number of hydrogen-bond donors (Lipinski definition) is 2.